The SMILES string of the molecule is CC[C@H](C)[C@H](NC(=O)[C@@H](N)CCCN=C(N)N)C(=O)N[C@H](C(=O)N[C@@H](CCC(=O)O)C(=O)N[C@@H](C)C(=O)N[C@H](C(=O)N[C@@H](Cc1ccc(O)cc1)C(=O)N[C@@H](Cc1ccccc1)C(=O)N[C@H](C(=O)O)C(C)C)C(C)C)[C@@H](C)O. The molecule has 0 saturated heterocycles. The van der Waals surface area contributed by atoms with Crippen LogP contribution in [0.4, 0.5) is 0 Å². The number of nitrogens with zero attached hydrogens (tertiary/aromatic N) is 1. The first-order chi connectivity index (χ1) is 36.6. The summed E-state index contributed by atoms with van der Waals surface area (Å²) in [5, 5.41) is 60.0. The molecule has 0 saturated carbocycles. The van der Waals surface area contributed by atoms with Gasteiger partial charge in [0.2, 0.25) is 47.3 Å². The zero-order valence-corrected chi connectivity index (χ0v) is 45.4. The van der Waals surface area contributed by atoms with Crippen LogP contribution in [0.15, 0.2) is 59.6 Å². The van der Waals surface area contributed by atoms with Crippen molar-refractivity contribution in [3.63, 3.8) is 0 Å². The highest BCUT2D eigenvalue weighted by Gasteiger charge is 2.37. The number of phenols is 1. The number of guanidine groups is 1. The fourth-order valence-electron chi connectivity index (χ4n) is 7.69. The lowest BCUT2D eigenvalue weighted by Gasteiger charge is -2.29. The number of aliphatic hydroxyl groups is 1. The average Bonchev–Trinajstić information content (AvgIpc) is 3.37. The Labute approximate surface area is 453 Å². The van der Waals surface area contributed by atoms with Crippen molar-refractivity contribution in [3.05, 3.63) is 65.7 Å². The van der Waals surface area contributed by atoms with Crippen LogP contribution in [0.5, 0.6) is 5.75 Å². The van der Waals surface area contributed by atoms with Gasteiger partial charge in [0.05, 0.1) is 12.1 Å². The molecule has 78 heavy (non-hydrogen) atoms. The van der Waals surface area contributed by atoms with E-state index in [4.69, 9.17) is 17.2 Å². The highest BCUT2D eigenvalue weighted by atomic mass is 16.4. The minimum Gasteiger partial charge on any atom is -0.508 e. The molecule has 0 aliphatic heterocycles. The van der Waals surface area contributed by atoms with E-state index in [1.807, 2.05) is 0 Å². The second-order valence-corrected chi connectivity index (χ2v) is 19.9. The fraction of sp³-hybridized carbons (Fsp3) is 0.558. The van der Waals surface area contributed by atoms with Crippen LogP contribution in [0, 0.1) is 17.8 Å². The third kappa shape index (κ3) is 22.8. The first-order valence-corrected chi connectivity index (χ1v) is 25.7. The molecular formula is C52H80N12O14. The number of amides is 8. The molecular weight excluding hydrogens is 1020 g/mol. The number of aromatic hydroxyl groups is 1. The number of nitrogens with two attached hydrogens (primary N) is 3. The van der Waals surface area contributed by atoms with Crippen LogP contribution in [-0.2, 0) is 60.8 Å². The Bertz CT molecular complexity index is 2380. The maximum absolute atomic E-state index is 14.3. The summed E-state index contributed by atoms with van der Waals surface area (Å²) in [6, 6.07) is 1.66. The molecule has 2 rings (SSSR count). The molecule has 26 nitrogen and oxygen atoms in total. The van der Waals surface area contributed by atoms with Crippen molar-refractivity contribution in [1.82, 2.24) is 42.5 Å². The average molecular weight is 1100 g/mol. The topological polar surface area (TPSA) is 438 Å². The highest BCUT2D eigenvalue weighted by Crippen LogP contribution is 2.15. The number of aliphatic hydroxyl groups excluding tert-OH is 1. The Morgan fingerprint density at radius 2 is 1.00 bits per heavy atom. The minimum atomic E-state index is -1.75. The Kier molecular flexibility index (Phi) is 27.7. The second-order valence-electron chi connectivity index (χ2n) is 19.9. The van der Waals surface area contributed by atoms with E-state index in [9.17, 15) is 68.4 Å². The molecule has 11 atom stereocenters. The normalized spacial score (nSPS) is 15.4. The van der Waals surface area contributed by atoms with Crippen LogP contribution >= 0.6 is 0 Å². The van der Waals surface area contributed by atoms with Crippen molar-refractivity contribution in [2.24, 2.45) is 39.9 Å². The van der Waals surface area contributed by atoms with E-state index in [1.54, 1.807) is 71.9 Å². The molecule has 0 aromatic heterocycles. The third-order valence-electron chi connectivity index (χ3n) is 12.6. The smallest absolute Gasteiger partial charge is 0.326 e. The molecule has 0 radical (unpaired) electrons. The standard InChI is InChI=1S/C52H80N12O14/c1-9-28(6)41(63-44(70)34(53)16-13-23-56-52(54)55)49(75)64-42(30(8)65)50(76)58-35(21-22-38(67)68)45(71)57-29(7)43(69)61-39(26(2)3)48(74)60-36(25-32-17-19-33(66)20-18-32)46(72)59-37(24-31-14-11-10-12-15-31)47(73)62-40(27(4)5)51(77)78/h10-12,14-15,17-20,26-30,34-37,39-42,65-66H,9,13,16,21-25,53H2,1-8H3,(H,57,71)(H,58,76)(H,59,72)(H,60,74)(H,61,69)(H,62,73)(H,63,70)(H,64,75)(H,67,68)(H,77,78)(H4,54,55,56)/t28-,29-,30+,34-,35-,36-,37-,39-,40-,41-,42-/m0/s1. The lowest BCUT2D eigenvalue weighted by Crippen LogP contribution is -2.62. The molecule has 0 spiro atoms. The fourth-order valence-corrected chi connectivity index (χ4v) is 7.69. The molecule has 2 aromatic carbocycles. The van der Waals surface area contributed by atoms with Crippen LogP contribution < -0.4 is 59.7 Å². The predicted octanol–water partition coefficient (Wildman–Crippen LogP) is -1.86. The first kappa shape index (κ1) is 66.2. The molecule has 0 unspecified atom stereocenters. The molecule has 0 aliphatic carbocycles. The van der Waals surface area contributed by atoms with Gasteiger partial charge in [-0.05, 0) is 74.1 Å². The van der Waals surface area contributed by atoms with Gasteiger partial charge in [-0.3, -0.25) is 48.1 Å². The van der Waals surface area contributed by atoms with Crippen LogP contribution in [0.3, 0.4) is 0 Å². The molecule has 0 heterocycles. The summed E-state index contributed by atoms with van der Waals surface area (Å²) in [4.78, 5) is 138. The first-order valence-electron chi connectivity index (χ1n) is 25.7. The van der Waals surface area contributed by atoms with Gasteiger partial charge in [-0.1, -0.05) is 90.4 Å². The minimum absolute atomic E-state index is 0.0725. The van der Waals surface area contributed by atoms with Gasteiger partial charge in [0.15, 0.2) is 5.96 Å². The van der Waals surface area contributed by atoms with E-state index in [1.165, 1.54) is 38.1 Å². The molecule has 0 fully saturated rings. The van der Waals surface area contributed by atoms with Crippen LogP contribution in [-0.4, -0.2) is 153 Å². The Balaban J connectivity index is 2.35. The van der Waals surface area contributed by atoms with Crippen molar-refractivity contribution in [2.75, 3.05) is 6.54 Å². The van der Waals surface area contributed by atoms with E-state index in [0.717, 1.165) is 0 Å². The van der Waals surface area contributed by atoms with Crippen molar-refractivity contribution in [1.29, 1.82) is 0 Å². The number of rotatable bonds is 33. The quantitative estimate of drug-likeness (QED) is 0.0212. The van der Waals surface area contributed by atoms with Crippen molar-refractivity contribution in [2.45, 2.75) is 161 Å². The molecule has 0 aliphatic rings. The van der Waals surface area contributed by atoms with Gasteiger partial charge in [0.25, 0.3) is 0 Å². The molecule has 0 bridgehead atoms. The van der Waals surface area contributed by atoms with E-state index in [0.29, 0.717) is 24.0 Å². The van der Waals surface area contributed by atoms with Gasteiger partial charge in [-0.25, -0.2) is 4.79 Å². The van der Waals surface area contributed by atoms with Crippen molar-refractivity contribution >= 4 is 65.2 Å². The summed E-state index contributed by atoms with van der Waals surface area (Å²) >= 11 is 0. The van der Waals surface area contributed by atoms with E-state index < -0.39 is 150 Å². The van der Waals surface area contributed by atoms with Gasteiger partial charge in [0.1, 0.15) is 54.1 Å². The van der Waals surface area contributed by atoms with Gasteiger partial charge < -0.3 is 80.2 Å². The zero-order chi connectivity index (χ0) is 59.0. The van der Waals surface area contributed by atoms with E-state index in [2.05, 4.69) is 47.5 Å². The van der Waals surface area contributed by atoms with Gasteiger partial charge in [-0.15, -0.1) is 0 Å². The number of carbonyl (C=O) groups is 10. The number of carboxylic acid groups (broad SMARTS) is 2. The van der Waals surface area contributed by atoms with Crippen LogP contribution in [0.25, 0.3) is 0 Å². The lowest BCUT2D eigenvalue weighted by molar-refractivity contribution is -0.143. The van der Waals surface area contributed by atoms with E-state index >= 15 is 0 Å². The number of hydrogen-bond acceptors (Lipinski definition) is 14. The van der Waals surface area contributed by atoms with Crippen molar-refractivity contribution in [3.8, 4) is 5.75 Å². The maximum atomic E-state index is 14.3. The zero-order valence-electron chi connectivity index (χ0n) is 45.4. The monoisotopic (exact) mass is 1100 g/mol. The van der Waals surface area contributed by atoms with Gasteiger partial charge >= 0.3 is 11.9 Å². The number of carbonyl (C=O) groups excluding carboxylic acids is 8. The number of benzene rings is 2. The number of nitrogens with one attached hydrogen (secondary N) is 8. The number of carboxylic acids is 2. The summed E-state index contributed by atoms with van der Waals surface area (Å²) in [7, 11) is 0. The Hall–Kier alpha value is -7.87. The predicted molar refractivity (Wildman–Crippen MR) is 286 cm³/mol. The van der Waals surface area contributed by atoms with Gasteiger partial charge in [0, 0.05) is 25.8 Å². The largest absolute Gasteiger partial charge is 0.508 e. The molecule has 8 amide bonds. The van der Waals surface area contributed by atoms with Crippen LogP contribution in [0.1, 0.15) is 98.6 Å². The molecule has 26 heteroatoms. The van der Waals surface area contributed by atoms with Gasteiger partial charge in [-0.2, -0.15) is 0 Å². The summed E-state index contributed by atoms with van der Waals surface area (Å²) < 4.78 is 0. The summed E-state index contributed by atoms with van der Waals surface area (Å²) in [5.41, 5.74) is 17.8. The lowest BCUT2D eigenvalue weighted by atomic mass is 9.96. The van der Waals surface area contributed by atoms with E-state index in [-0.39, 0.29) is 37.5 Å². The summed E-state index contributed by atoms with van der Waals surface area (Å²) in [5.74, 6) is -11.8. The Morgan fingerprint density at radius 3 is 1.51 bits per heavy atom. The number of hydrogen-bond donors (Lipinski definition) is 15. The Morgan fingerprint density at radius 1 is 0.538 bits per heavy atom. The number of phenolic OH excluding ortho intramolecular Hbond substituents is 1. The summed E-state index contributed by atoms with van der Waals surface area (Å²) in [6.45, 7) is 12.4. The molecule has 18 N–H and O–H groups in total. The molecule has 432 valence electrons. The number of aliphatic carboxylic acids is 2. The summed E-state index contributed by atoms with van der Waals surface area (Å²) in [6.07, 6.45) is -2.17. The molecule has 2 aromatic rings. The van der Waals surface area contributed by atoms with Crippen molar-refractivity contribution < 1.29 is 68.4 Å². The van der Waals surface area contributed by atoms with Crippen LogP contribution in [0.2, 0.25) is 0 Å². The highest BCUT2D eigenvalue weighted by molar-refractivity contribution is 5.98. The second kappa shape index (κ2) is 32.7. The maximum Gasteiger partial charge on any atom is 0.326 e. The third-order valence-corrected chi connectivity index (χ3v) is 12.6. The number of aliphatic imine (C=N–C) groups is 1.